The maximum absolute atomic E-state index is 12.6. The van der Waals surface area contributed by atoms with Crippen LogP contribution in [0.5, 0.6) is 5.75 Å². The molecule has 0 spiro atoms. The highest BCUT2D eigenvalue weighted by Crippen LogP contribution is 2.31. The fraction of sp³-hybridized carbons (Fsp3) is 0.647. The number of hydrogen-bond acceptors (Lipinski definition) is 4. The van der Waals surface area contributed by atoms with Crippen LogP contribution in [-0.2, 0) is 16.0 Å². The molecule has 1 heterocycles. The number of alkyl halides is 3. The van der Waals surface area contributed by atoms with Crippen LogP contribution in [0.3, 0.4) is 0 Å². The fourth-order valence-electron chi connectivity index (χ4n) is 2.99. The SMILES string of the molecule is CCCS(=O)(=O)CC[C@H](Oc1ccc(C(F)(F)F)cc1)C1CCNC1. The molecule has 1 aromatic rings. The molecule has 0 aliphatic carbocycles. The molecular weight excluding hydrogens is 355 g/mol. The van der Waals surface area contributed by atoms with E-state index < -0.39 is 21.6 Å². The van der Waals surface area contributed by atoms with Gasteiger partial charge in [0.15, 0.2) is 0 Å². The first-order valence-electron chi connectivity index (χ1n) is 8.46. The molecule has 4 nitrogen and oxygen atoms in total. The van der Waals surface area contributed by atoms with E-state index in [-0.39, 0.29) is 23.5 Å². The summed E-state index contributed by atoms with van der Waals surface area (Å²) in [6.07, 6.45) is -2.95. The van der Waals surface area contributed by atoms with Crippen LogP contribution in [-0.4, -0.2) is 39.1 Å². The Bertz CT molecular complexity index is 638. The Labute approximate surface area is 146 Å². The zero-order valence-electron chi connectivity index (χ0n) is 14.2. The van der Waals surface area contributed by atoms with Gasteiger partial charge in [0.25, 0.3) is 0 Å². The highest BCUT2D eigenvalue weighted by molar-refractivity contribution is 7.91. The summed E-state index contributed by atoms with van der Waals surface area (Å²) in [6, 6.07) is 4.54. The minimum atomic E-state index is -4.39. The molecule has 0 saturated carbocycles. The van der Waals surface area contributed by atoms with Gasteiger partial charge in [-0.1, -0.05) is 6.92 Å². The lowest BCUT2D eigenvalue weighted by Gasteiger charge is -2.24. The van der Waals surface area contributed by atoms with Crippen molar-refractivity contribution in [3.63, 3.8) is 0 Å². The van der Waals surface area contributed by atoms with Crippen molar-refractivity contribution in [2.24, 2.45) is 5.92 Å². The Morgan fingerprint density at radius 1 is 1.24 bits per heavy atom. The molecule has 142 valence electrons. The van der Waals surface area contributed by atoms with Gasteiger partial charge in [-0.25, -0.2) is 8.42 Å². The number of hydrogen-bond donors (Lipinski definition) is 1. The standard InChI is InChI=1S/C17H24F3NO3S/c1-2-10-25(22,23)11-8-16(13-7-9-21-12-13)24-15-5-3-14(4-6-15)17(18,19)20/h3-6,13,16,21H,2,7-12H2,1H3/t13?,16-/m0/s1. The van der Waals surface area contributed by atoms with Crippen LogP contribution in [0, 0.1) is 5.92 Å². The van der Waals surface area contributed by atoms with Crippen molar-refractivity contribution in [3.8, 4) is 5.75 Å². The summed E-state index contributed by atoms with van der Waals surface area (Å²) in [6.45, 7) is 3.37. The summed E-state index contributed by atoms with van der Waals surface area (Å²) in [5.41, 5.74) is -0.732. The van der Waals surface area contributed by atoms with Gasteiger partial charge >= 0.3 is 6.18 Å². The van der Waals surface area contributed by atoms with Gasteiger partial charge in [-0.05, 0) is 50.1 Å². The van der Waals surface area contributed by atoms with Gasteiger partial charge in [0.05, 0.1) is 11.3 Å². The number of rotatable bonds is 8. The Kier molecular flexibility index (Phi) is 6.73. The molecule has 1 N–H and O–H groups in total. The average molecular weight is 379 g/mol. The van der Waals surface area contributed by atoms with E-state index in [4.69, 9.17) is 4.74 Å². The molecule has 8 heteroatoms. The quantitative estimate of drug-likeness (QED) is 0.753. The molecule has 1 aliphatic heterocycles. The van der Waals surface area contributed by atoms with Crippen molar-refractivity contribution < 1.29 is 26.3 Å². The van der Waals surface area contributed by atoms with Gasteiger partial charge in [0.2, 0.25) is 0 Å². The fourth-order valence-corrected chi connectivity index (χ4v) is 4.41. The van der Waals surface area contributed by atoms with Crippen molar-refractivity contribution >= 4 is 9.84 Å². The maximum Gasteiger partial charge on any atom is 0.416 e. The van der Waals surface area contributed by atoms with Crippen molar-refractivity contribution in [1.82, 2.24) is 5.32 Å². The summed E-state index contributed by atoms with van der Waals surface area (Å²) in [5.74, 6) is 0.655. The van der Waals surface area contributed by atoms with E-state index in [0.29, 0.717) is 18.6 Å². The molecule has 1 aromatic carbocycles. The number of sulfone groups is 1. The Morgan fingerprint density at radius 2 is 1.92 bits per heavy atom. The minimum absolute atomic E-state index is 0.0304. The van der Waals surface area contributed by atoms with E-state index in [1.54, 1.807) is 0 Å². The maximum atomic E-state index is 12.6. The molecule has 1 fully saturated rings. The van der Waals surface area contributed by atoms with E-state index in [1.807, 2.05) is 6.92 Å². The van der Waals surface area contributed by atoms with Crippen LogP contribution < -0.4 is 10.1 Å². The van der Waals surface area contributed by atoms with Gasteiger partial charge in [-0.2, -0.15) is 13.2 Å². The lowest BCUT2D eigenvalue weighted by atomic mass is 9.99. The lowest BCUT2D eigenvalue weighted by molar-refractivity contribution is -0.137. The van der Waals surface area contributed by atoms with Crippen LogP contribution in [0.25, 0.3) is 0 Å². The number of benzene rings is 1. The number of ether oxygens (including phenoxy) is 1. The van der Waals surface area contributed by atoms with Gasteiger partial charge in [0.1, 0.15) is 21.7 Å². The molecule has 2 rings (SSSR count). The molecule has 25 heavy (non-hydrogen) atoms. The molecule has 1 saturated heterocycles. The molecule has 0 bridgehead atoms. The van der Waals surface area contributed by atoms with Crippen LogP contribution >= 0.6 is 0 Å². The predicted molar refractivity (Wildman–Crippen MR) is 90.4 cm³/mol. The third kappa shape index (κ3) is 6.18. The third-order valence-corrected chi connectivity index (χ3v) is 6.21. The molecule has 1 unspecified atom stereocenters. The summed E-state index contributed by atoms with van der Waals surface area (Å²) in [7, 11) is -3.12. The second kappa shape index (κ2) is 8.40. The molecule has 0 aromatic heterocycles. The average Bonchev–Trinajstić information content (AvgIpc) is 3.05. The van der Waals surface area contributed by atoms with Crippen molar-refractivity contribution in [2.75, 3.05) is 24.6 Å². The summed E-state index contributed by atoms with van der Waals surface area (Å²) >= 11 is 0. The topological polar surface area (TPSA) is 55.4 Å². The van der Waals surface area contributed by atoms with Gasteiger partial charge < -0.3 is 10.1 Å². The second-order valence-electron chi connectivity index (χ2n) is 6.37. The van der Waals surface area contributed by atoms with E-state index >= 15 is 0 Å². The smallest absolute Gasteiger partial charge is 0.416 e. The van der Waals surface area contributed by atoms with Crippen LogP contribution in [0.2, 0.25) is 0 Å². The van der Waals surface area contributed by atoms with Crippen LogP contribution in [0.4, 0.5) is 13.2 Å². The zero-order chi connectivity index (χ0) is 18.5. The van der Waals surface area contributed by atoms with E-state index in [2.05, 4.69) is 5.32 Å². The molecule has 0 radical (unpaired) electrons. The van der Waals surface area contributed by atoms with Crippen LogP contribution in [0.15, 0.2) is 24.3 Å². The monoisotopic (exact) mass is 379 g/mol. The lowest BCUT2D eigenvalue weighted by Crippen LogP contribution is -2.31. The highest BCUT2D eigenvalue weighted by atomic mass is 32.2. The second-order valence-corrected chi connectivity index (χ2v) is 8.68. The predicted octanol–water partition coefficient (Wildman–Crippen LogP) is 3.28. The highest BCUT2D eigenvalue weighted by Gasteiger charge is 2.31. The third-order valence-electron chi connectivity index (χ3n) is 4.32. The Morgan fingerprint density at radius 3 is 2.44 bits per heavy atom. The van der Waals surface area contributed by atoms with E-state index in [9.17, 15) is 21.6 Å². The van der Waals surface area contributed by atoms with Crippen molar-refractivity contribution in [2.45, 2.75) is 38.5 Å². The number of halogens is 3. The van der Waals surface area contributed by atoms with Crippen LogP contribution in [0.1, 0.15) is 31.7 Å². The largest absolute Gasteiger partial charge is 0.490 e. The number of nitrogens with one attached hydrogen (secondary N) is 1. The first kappa shape index (κ1) is 20.0. The van der Waals surface area contributed by atoms with Crippen molar-refractivity contribution in [1.29, 1.82) is 0 Å². The Balaban J connectivity index is 2.05. The summed E-state index contributed by atoms with van der Waals surface area (Å²) < 4.78 is 67.7. The van der Waals surface area contributed by atoms with Crippen molar-refractivity contribution in [3.05, 3.63) is 29.8 Å². The normalized spacial score (nSPS) is 19.8. The summed E-state index contributed by atoms with van der Waals surface area (Å²) in [5, 5.41) is 3.21. The first-order chi connectivity index (χ1) is 11.7. The Hall–Kier alpha value is -1.28. The van der Waals surface area contributed by atoms with E-state index in [1.165, 1.54) is 12.1 Å². The van der Waals surface area contributed by atoms with Gasteiger partial charge in [0, 0.05) is 18.2 Å². The summed E-state index contributed by atoms with van der Waals surface area (Å²) in [4.78, 5) is 0. The van der Waals surface area contributed by atoms with E-state index in [0.717, 1.165) is 31.6 Å². The zero-order valence-corrected chi connectivity index (χ0v) is 15.0. The first-order valence-corrected chi connectivity index (χ1v) is 10.3. The molecular formula is C17H24F3NO3S. The minimum Gasteiger partial charge on any atom is -0.490 e. The molecule has 2 atom stereocenters. The van der Waals surface area contributed by atoms with Gasteiger partial charge in [-0.15, -0.1) is 0 Å². The van der Waals surface area contributed by atoms with Gasteiger partial charge in [-0.3, -0.25) is 0 Å². The molecule has 1 aliphatic rings. The molecule has 0 amide bonds.